The van der Waals surface area contributed by atoms with Crippen LogP contribution in [0.2, 0.25) is 5.02 Å². The fourth-order valence-electron chi connectivity index (χ4n) is 4.93. The highest BCUT2D eigenvalue weighted by atomic mass is 35.5. The van der Waals surface area contributed by atoms with Gasteiger partial charge in [0.1, 0.15) is 17.3 Å². The minimum absolute atomic E-state index is 0.138. The number of carbonyl (C=O) groups excluding carboxylic acids is 2. The first-order valence-electron chi connectivity index (χ1n) is 11.3. The summed E-state index contributed by atoms with van der Waals surface area (Å²) in [6.07, 6.45) is 2.98. The van der Waals surface area contributed by atoms with Crippen molar-refractivity contribution in [2.75, 3.05) is 0 Å². The third-order valence-corrected chi connectivity index (χ3v) is 6.73. The Morgan fingerprint density at radius 3 is 2.03 bits per heavy atom. The Hall–Kier alpha value is -4.05. The second-order valence-corrected chi connectivity index (χ2v) is 9.15. The maximum atomic E-state index is 13.1. The Morgan fingerprint density at radius 2 is 1.44 bits per heavy atom. The molecule has 2 aromatic rings. The summed E-state index contributed by atoms with van der Waals surface area (Å²) < 4.78 is 12.0. The fraction of sp³-hybridized carbons (Fsp3) is 0.280. The van der Waals surface area contributed by atoms with Gasteiger partial charge >= 0.3 is 5.69 Å². The highest BCUT2D eigenvalue weighted by Crippen LogP contribution is 2.51. The number of nitrogens with zero attached hydrogens (tertiary/aromatic N) is 2. The Morgan fingerprint density at radius 1 is 0.833 bits per heavy atom. The molecule has 11 heteroatoms. The lowest BCUT2D eigenvalue weighted by Gasteiger charge is -2.36. The molecule has 3 aliphatic rings. The number of allylic oxidation sites excluding steroid dienone is 4. The van der Waals surface area contributed by atoms with Crippen LogP contribution >= 0.6 is 11.6 Å². The van der Waals surface area contributed by atoms with E-state index in [0.29, 0.717) is 71.8 Å². The zero-order chi connectivity index (χ0) is 25.6. The average Bonchev–Trinajstić information content (AvgIpc) is 2.84. The third kappa shape index (κ3) is 4.13. The summed E-state index contributed by atoms with van der Waals surface area (Å²) in [5.41, 5.74) is 0.0875. The van der Waals surface area contributed by atoms with Crippen LogP contribution in [0.1, 0.15) is 50.0 Å². The Balaban J connectivity index is 1.68. The van der Waals surface area contributed by atoms with E-state index in [9.17, 15) is 29.8 Å². The van der Waals surface area contributed by atoms with Crippen LogP contribution in [0.3, 0.4) is 0 Å². The number of carbonyl (C=O) groups is 2. The molecule has 1 heterocycles. The molecule has 10 nitrogen and oxygen atoms in total. The Labute approximate surface area is 209 Å². The minimum Gasteiger partial charge on any atom is -0.465 e. The predicted octanol–water partition coefficient (Wildman–Crippen LogP) is 6.08. The summed E-state index contributed by atoms with van der Waals surface area (Å²) in [7, 11) is 0. The van der Waals surface area contributed by atoms with Gasteiger partial charge in [0.2, 0.25) is 5.75 Å². The molecule has 0 fully saturated rings. The van der Waals surface area contributed by atoms with Crippen molar-refractivity contribution < 1.29 is 28.9 Å². The molecule has 0 amide bonds. The van der Waals surface area contributed by atoms with Gasteiger partial charge in [0, 0.05) is 53.5 Å². The standard InChI is InChI=1S/C25H19ClN2O8/c26-13-7-9-19(35-20-10-8-14(27(31)32)12-16(20)28(33)34)15(11-13)23-24-17(29)3-1-5-21(24)36-22-6-2-4-18(30)25(22)23/h7-12,23H,1-6H2. The molecule has 184 valence electrons. The molecule has 2 aliphatic carbocycles. The Kier molecular flexibility index (Phi) is 6.05. The molecule has 1 aliphatic heterocycles. The number of benzene rings is 2. The van der Waals surface area contributed by atoms with Gasteiger partial charge in [-0.05, 0) is 37.1 Å². The topological polar surface area (TPSA) is 139 Å². The summed E-state index contributed by atoms with van der Waals surface area (Å²) >= 11 is 6.33. The summed E-state index contributed by atoms with van der Waals surface area (Å²) in [5.74, 6) is -0.117. The van der Waals surface area contributed by atoms with E-state index in [4.69, 9.17) is 21.1 Å². The molecule has 0 N–H and O–H groups in total. The first-order valence-corrected chi connectivity index (χ1v) is 11.7. The molecule has 0 spiro atoms. The van der Waals surface area contributed by atoms with Gasteiger partial charge < -0.3 is 9.47 Å². The molecule has 0 radical (unpaired) electrons. The van der Waals surface area contributed by atoms with E-state index in [0.717, 1.165) is 18.2 Å². The van der Waals surface area contributed by atoms with Crippen LogP contribution < -0.4 is 4.74 Å². The monoisotopic (exact) mass is 510 g/mol. The lowest BCUT2D eigenvalue weighted by molar-refractivity contribution is -0.394. The number of halogens is 1. The van der Waals surface area contributed by atoms with E-state index in [1.807, 2.05) is 0 Å². The van der Waals surface area contributed by atoms with Crippen LogP contribution in [-0.4, -0.2) is 21.4 Å². The van der Waals surface area contributed by atoms with Crippen LogP contribution in [0.5, 0.6) is 11.5 Å². The predicted molar refractivity (Wildman–Crippen MR) is 127 cm³/mol. The van der Waals surface area contributed by atoms with E-state index < -0.39 is 27.1 Å². The quantitative estimate of drug-likeness (QED) is 0.348. The molecule has 5 rings (SSSR count). The molecule has 0 saturated carbocycles. The van der Waals surface area contributed by atoms with E-state index >= 15 is 0 Å². The highest BCUT2D eigenvalue weighted by Gasteiger charge is 2.43. The number of ether oxygens (including phenoxy) is 2. The number of non-ortho nitro benzene ring substituents is 1. The van der Waals surface area contributed by atoms with E-state index in [2.05, 4.69) is 0 Å². The second kappa shape index (κ2) is 9.19. The summed E-state index contributed by atoms with van der Waals surface area (Å²) in [5, 5.41) is 23.1. The van der Waals surface area contributed by atoms with Gasteiger partial charge in [0.05, 0.1) is 21.8 Å². The van der Waals surface area contributed by atoms with E-state index in [1.165, 1.54) is 12.1 Å². The molecule has 0 saturated heterocycles. The van der Waals surface area contributed by atoms with Gasteiger partial charge in [-0.15, -0.1) is 0 Å². The maximum Gasteiger partial charge on any atom is 0.318 e. The van der Waals surface area contributed by atoms with Gasteiger partial charge in [-0.25, -0.2) is 0 Å². The molecule has 2 aromatic carbocycles. The highest BCUT2D eigenvalue weighted by molar-refractivity contribution is 6.30. The number of Topliss-reactive ketones (excluding diaryl/α,β-unsaturated/α-hetero) is 2. The van der Waals surface area contributed by atoms with Crippen LogP contribution in [-0.2, 0) is 14.3 Å². The van der Waals surface area contributed by atoms with Gasteiger partial charge in [-0.3, -0.25) is 29.8 Å². The smallest absolute Gasteiger partial charge is 0.318 e. The summed E-state index contributed by atoms with van der Waals surface area (Å²) in [6.45, 7) is 0. The Bertz CT molecular complexity index is 1370. The number of rotatable bonds is 5. The molecule has 0 bridgehead atoms. The first kappa shape index (κ1) is 23.7. The lowest BCUT2D eigenvalue weighted by atomic mass is 9.73. The molecular weight excluding hydrogens is 492 g/mol. The number of ketones is 2. The number of nitro benzene ring substituents is 2. The summed E-state index contributed by atoms with van der Waals surface area (Å²) in [6, 6.07) is 7.65. The molecule has 36 heavy (non-hydrogen) atoms. The number of hydrogen-bond acceptors (Lipinski definition) is 8. The van der Waals surface area contributed by atoms with Crippen LogP contribution in [0.4, 0.5) is 11.4 Å². The van der Waals surface area contributed by atoms with Crippen molar-refractivity contribution >= 4 is 34.5 Å². The third-order valence-electron chi connectivity index (χ3n) is 6.49. The van der Waals surface area contributed by atoms with Crippen molar-refractivity contribution in [2.45, 2.75) is 44.4 Å². The van der Waals surface area contributed by atoms with Crippen molar-refractivity contribution in [1.29, 1.82) is 0 Å². The van der Waals surface area contributed by atoms with Crippen LogP contribution in [0, 0.1) is 20.2 Å². The zero-order valence-electron chi connectivity index (χ0n) is 18.8. The van der Waals surface area contributed by atoms with Gasteiger partial charge in [-0.2, -0.15) is 0 Å². The molecule has 0 unspecified atom stereocenters. The summed E-state index contributed by atoms with van der Waals surface area (Å²) in [4.78, 5) is 47.4. The van der Waals surface area contributed by atoms with Crippen molar-refractivity contribution in [3.05, 3.63) is 89.9 Å². The van der Waals surface area contributed by atoms with Gasteiger partial charge in [0.25, 0.3) is 5.69 Å². The lowest BCUT2D eigenvalue weighted by Crippen LogP contribution is -2.30. The zero-order valence-corrected chi connectivity index (χ0v) is 19.6. The normalized spacial score (nSPS) is 17.9. The van der Waals surface area contributed by atoms with Crippen LogP contribution in [0.25, 0.3) is 0 Å². The van der Waals surface area contributed by atoms with Crippen molar-refractivity contribution in [3.63, 3.8) is 0 Å². The van der Waals surface area contributed by atoms with Gasteiger partial charge in [0.15, 0.2) is 11.6 Å². The van der Waals surface area contributed by atoms with Gasteiger partial charge in [-0.1, -0.05) is 11.6 Å². The van der Waals surface area contributed by atoms with Crippen molar-refractivity contribution in [3.8, 4) is 11.5 Å². The van der Waals surface area contributed by atoms with Crippen LogP contribution in [0.15, 0.2) is 59.1 Å². The second-order valence-electron chi connectivity index (χ2n) is 8.71. The maximum absolute atomic E-state index is 13.1. The van der Waals surface area contributed by atoms with E-state index in [-0.39, 0.29) is 23.1 Å². The molecular formula is C25H19ClN2O8. The fourth-order valence-corrected chi connectivity index (χ4v) is 5.11. The SMILES string of the molecule is O=C1CCCC2=C1C(c1cc(Cl)ccc1Oc1ccc([N+](=O)[O-])cc1[N+](=O)[O-])C1=C(CCCC1=O)O2. The molecule has 0 atom stereocenters. The average molecular weight is 511 g/mol. The van der Waals surface area contributed by atoms with Crippen molar-refractivity contribution in [1.82, 2.24) is 0 Å². The first-order chi connectivity index (χ1) is 17.2. The largest absolute Gasteiger partial charge is 0.465 e. The minimum atomic E-state index is -0.796. The number of hydrogen-bond donors (Lipinski definition) is 0. The molecule has 0 aromatic heterocycles. The van der Waals surface area contributed by atoms with E-state index in [1.54, 1.807) is 6.07 Å². The van der Waals surface area contributed by atoms with Crippen molar-refractivity contribution in [2.24, 2.45) is 0 Å². The number of nitro groups is 2.